The van der Waals surface area contributed by atoms with Gasteiger partial charge in [0.1, 0.15) is 6.54 Å². The molecule has 2 heterocycles. The van der Waals surface area contributed by atoms with Crippen LogP contribution in [0.15, 0.2) is 84.6 Å². The maximum Gasteiger partial charge on any atom is 0.209 e. The standard InChI is InChI=1S/C63H103N2/c1-7-9-11-13-15-17-19-21-23-25-27-29-31-33-35-37-46-54-64-58-50-44-42-48-56(58)62(3,4)60(64)52-40-39-41-53-61-63(5,6)57-49-43-45-51-59(57)65(61)55-47-38-36-34-32-30-28-26-24-22-20-18-16-14-12-10-8-2/h39-45,48-53H,7-38,46-47,54-55H2,1-6H3/q+1. The fourth-order valence-electron chi connectivity index (χ4n) is 11.1. The number of unbranched alkanes of at least 4 members (excludes halogenated alkanes) is 32. The largest absolute Gasteiger partial charge is 0.344 e. The molecule has 65 heavy (non-hydrogen) atoms. The van der Waals surface area contributed by atoms with E-state index in [9.17, 15) is 0 Å². The molecule has 2 aliphatic rings. The van der Waals surface area contributed by atoms with Crippen molar-refractivity contribution in [3.8, 4) is 0 Å². The van der Waals surface area contributed by atoms with E-state index in [1.807, 2.05) is 0 Å². The molecule has 0 aromatic heterocycles. The molecule has 0 bridgehead atoms. The zero-order valence-corrected chi connectivity index (χ0v) is 43.9. The summed E-state index contributed by atoms with van der Waals surface area (Å²) in [7, 11) is 0. The third-order valence-corrected chi connectivity index (χ3v) is 15.3. The second-order valence-electron chi connectivity index (χ2n) is 21.6. The average Bonchev–Trinajstić information content (AvgIpc) is 3.66. The van der Waals surface area contributed by atoms with E-state index < -0.39 is 0 Å². The highest BCUT2D eigenvalue weighted by molar-refractivity contribution is 6.03. The highest BCUT2D eigenvalue weighted by atomic mass is 15.2. The Balaban J connectivity index is 1.19. The maximum atomic E-state index is 2.64. The summed E-state index contributed by atoms with van der Waals surface area (Å²) in [6.07, 6.45) is 59.8. The van der Waals surface area contributed by atoms with E-state index in [2.05, 4.69) is 130 Å². The summed E-state index contributed by atoms with van der Waals surface area (Å²) in [6.45, 7) is 16.5. The van der Waals surface area contributed by atoms with Gasteiger partial charge in [-0.3, -0.25) is 0 Å². The molecule has 2 aromatic rings. The van der Waals surface area contributed by atoms with Crippen LogP contribution in [0.5, 0.6) is 0 Å². The van der Waals surface area contributed by atoms with Crippen LogP contribution in [-0.2, 0) is 10.8 Å². The maximum absolute atomic E-state index is 2.64. The van der Waals surface area contributed by atoms with Crippen LogP contribution < -0.4 is 4.90 Å². The minimum Gasteiger partial charge on any atom is -0.344 e. The number of benzene rings is 2. The van der Waals surface area contributed by atoms with Gasteiger partial charge in [-0.1, -0.05) is 281 Å². The number of hydrogen-bond acceptors (Lipinski definition) is 1. The van der Waals surface area contributed by atoms with Gasteiger partial charge in [-0.2, -0.15) is 4.58 Å². The van der Waals surface area contributed by atoms with E-state index in [0.29, 0.717) is 0 Å². The Kier molecular flexibility index (Phi) is 27.6. The number of hydrogen-bond donors (Lipinski definition) is 0. The van der Waals surface area contributed by atoms with E-state index in [1.54, 1.807) is 0 Å². The second kappa shape index (κ2) is 32.8. The molecule has 0 amide bonds. The Hall–Kier alpha value is -2.87. The van der Waals surface area contributed by atoms with Gasteiger partial charge in [0.25, 0.3) is 0 Å². The van der Waals surface area contributed by atoms with Crippen molar-refractivity contribution in [1.82, 2.24) is 0 Å². The first-order valence-electron chi connectivity index (χ1n) is 28.5. The molecule has 0 atom stereocenters. The first kappa shape index (κ1) is 54.7. The van der Waals surface area contributed by atoms with Crippen LogP contribution in [0, 0.1) is 0 Å². The Morgan fingerprint density at radius 2 is 0.815 bits per heavy atom. The summed E-state index contributed by atoms with van der Waals surface area (Å²) in [4.78, 5) is 2.64. The van der Waals surface area contributed by atoms with Crippen LogP contribution in [0.1, 0.15) is 271 Å². The fraction of sp³-hybridized carbons (Fsp3) is 0.698. The van der Waals surface area contributed by atoms with E-state index in [1.165, 1.54) is 252 Å². The minimum absolute atomic E-state index is 0.00735. The molecule has 0 unspecified atom stereocenters. The van der Waals surface area contributed by atoms with Crippen molar-refractivity contribution in [1.29, 1.82) is 0 Å². The number of fused-ring (bicyclic) bond motifs is 2. The fourth-order valence-corrected chi connectivity index (χ4v) is 11.1. The number of nitrogens with zero attached hydrogens (tertiary/aromatic N) is 2. The molecular formula is C63H103N2+. The third-order valence-electron chi connectivity index (χ3n) is 15.3. The monoisotopic (exact) mass is 888 g/mol. The van der Waals surface area contributed by atoms with E-state index in [4.69, 9.17) is 0 Å². The lowest BCUT2D eigenvalue weighted by Gasteiger charge is -2.27. The van der Waals surface area contributed by atoms with Crippen molar-refractivity contribution in [2.45, 2.75) is 271 Å². The van der Waals surface area contributed by atoms with Gasteiger partial charge in [0.05, 0.1) is 5.41 Å². The molecule has 0 aliphatic carbocycles. The van der Waals surface area contributed by atoms with Crippen LogP contribution in [0.4, 0.5) is 11.4 Å². The second-order valence-corrected chi connectivity index (χ2v) is 21.6. The number of rotatable bonds is 39. The van der Waals surface area contributed by atoms with Crippen molar-refractivity contribution in [3.05, 3.63) is 95.7 Å². The quantitative estimate of drug-likeness (QED) is 0.0368. The van der Waals surface area contributed by atoms with Gasteiger partial charge in [-0.25, -0.2) is 0 Å². The van der Waals surface area contributed by atoms with E-state index in [-0.39, 0.29) is 10.8 Å². The highest BCUT2D eigenvalue weighted by Gasteiger charge is 2.44. The smallest absolute Gasteiger partial charge is 0.209 e. The number of para-hydroxylation sites is 2. The summed E-state index contributed by atoms with van der Waals surface area (Å²) < 4.78 is 2.64. The molecule has 0 spiro atoms. The molecule has 0 fully saturated rings. The molecule has 0 radical (unpaired) electrons. The Morgan fingerprint density at radius 1 is 0.415 bits per heavy atom. The van der Waals surface area contributed by atoms with E-state index in [0.717, 1.165) is 13.1 Å². The molecule has 364 valence electrons. The van der Waals surface area contributed by atoms with Crippen LogP contribution in [0.25, 0.3) is 0 Å². The molecule has 2 heteroatoms. The van der Waals surface area contributed by atoms with Crippen LogP contribution >= 0.6 is 0 Å². The van der Waals surface area contributed by atoms with Gasteiger partial charge in [-0.05, 0) is 44.4 Å². The van der Waals surface area contributed by atoms with Gasteiger partial charge in [0.15, 0.2) is 5.71 Å². The van der Waals surface area contributed by atoms with Crippen LogP contribution in [-0.4, -0.2) is 23.4 Å². The topological polar surface area (TPSA) is 6.25 Å². The molecule has 0 saturated carbocycles. The van der Waals surface area contributed by atoms with Crippen molar-refractivity contribution >= 4 is 17.1 Å². The SMILES string of the molecule is CCCCCCCCCCCCCCCCCCCN1/C(=C/C=C/C=C/C2=[N+](CCCCCCCCCCCCCCCCCCC)c3ccccc3C2(C)C)C(C)(C)c2ccccc21. The zero-order valence-electron chi connectivity index (χ0n) is 43.9. The Morgan fingerprint density at radius 3 is 1.29 bits per heavy atom. The molecule has 2 aliphatic heterocycles. The first-order chi connectivity index (χ1) is 31.8. The van der Waals surface area contributed by atoms with Gasteiger partial charge in [0.2, 0.25) is 5.69 Å². The van der Waals surface area contributed by atoms with E-state index >= 15 is 0 Å². The molecule has 0 saturated heterocycles. The summed E-state index contributed by atoms with van der Waals surface area (Å²) in [5.41, 5.74) is 8.59. The average molecular weight is 889 g/mol. The van der Waals surface area contributed by atoms with Gasteiger partial charge < -0.3 is 4.90 Å². The third kappa shape index (κ3) is 19.3. The predicted molar refractivity (Wildman–Crippen MR) is 291 cm³/mol. The summed E-state index contributed by atoms with van der Waals surface area (Å²) >= 11 is 0. The predicted octanol–water partition coefficient (Wildman–Crippen LogP) is 20.2. The minimum atomic E-state index is -0.00735. The zero-order chi connectivity index (χ0) is 46.3. The van der Waals surface area contributed by atoms with Gasteiger partial charge in [-0.15, -0.1) is 0 Å². The Labute approximate surface area is 404 Å². The molecule has 4 rings (SSSR count). The highest BCUT2D eigenvalue weighted by Crippen LogP contribution is 2.48. The van der Waals surface area contributed by atoms with Crippen LogP contribution in [0.2, 0.25) is 0 Å². The number of allylic oxidation sites excluding steroid dienone is 6. The lowest BCUT2D eigenvalue weighted by molar-refractivity contribution is -0.438. The molecule has 0 N–H and O–H groups in total. The molecular weight excluding hydrogens is 785 g/mol. The lowest BCUT2D eigenvalue weighted by Crippen LogP contribution is -2.27. The Bertz CT molecular complexity index is 1670. The first-order valence-corrected chi connectivity index (χ1v) is 28.5. The normalized spacial score (nSPS) is 16.0. The lowest BCUT2D eigenvalue weighted by atomic mass is 9.81. The summed E-state index contributed by atoms with van der Waals surface area (Å²) in [5, 5.41) is 0. The van der Waals surface area contributed by atoms with Crippen molar-refractivity contribution in [2.75, 3.05) is 18.0 Å². The van der Waals surface area contributed by atoms with Crippen molar-refractivity contribution < 1.29 is 4.58 Å². The molecule has 2 nitrogen and oxygen atoms in total. The summed E-state index contributed by atoms with van der Waals surface area (Å²) in [6, 6.07) is 18.3. The van der Waals surface area contributed by atoms with Crippen molar-refractivity contribution in [2.24, 2.45) is 0 Å². The summed E-state index contributed by atoms with van der Waals surface area (Å²) in [5.74, 6) is 0. The van der Waals surface area contributed by atoms with Crippen LogP contribution in [0.3, 0.4) is 0 Å². The van der Waals surface area contributed by atoms with Gasteiger partial charge >= 0.3 is 0 Å². The number of anilines is 1. The molecule has 2 aromatic carbocycles. The van der Waals surface area contributed by atoms with Crippen molar-refractivity contribution in [3.63, 3.8) is 0 Å². The van der Waals surface area contributed by atoms with Gasteiger partial charge in [0, 0.05) is 47.5 Å².